The molecule has 21 heavy (non-hydrogen) atoms. The minimum atomic E-state index is 0.267. The maximum absolute atomic E-state index is 5.53. The Morgan fingerprint density at radius 1 is 1.24 bits per heavy atom. The van der Waals surface area contributed by atoms with E-state index >= 15 is 0 Å². The molecule has 0 atom stereocenters. The van der Waals surface area contributed by atoms with Crippen molar-refractivity contribution in [3.05, 3.63) is 36.4 Å². The molecular weight excluding hydrogens is 270 g/mol. The lowest BCUT2D eigenvalue weighted by atomic mass is 10.2. The van der Waals surface area contributed by atoms with Gasteiger partial charge in [0.1, 0.15) is 11.8 Å². The topological polar surface area (TPSA) is 74.1 Å². The quantitative estimate of drug-likeness (QED) is 0.787. The number of para-hydroxylation sites is 1. The summed E-state index contributed by atoms with van der Waals surface area (Å²) in [5.74, 6) is 2.29. The predicted molar refractivity (Wildman–Crippen MR) is 76.5 cm³/mol. The fourth-order valence-electron chi connectivity index (χ4n) is 2.48. The van der Waals surface area contributed by atoms with E-state index < -0.39 is 0 Å². The second-order valence-corrected chi connectivity index (χ2v) is 4.67. The number of rotatable bonds is 3. The van der Waals surface area contributed by atoms with Crippen LogP contribution in [0.25, 0.3) is 11.2 Å². The molecule has 1 N–H and O–H groups in total. The number of ether oxygens (including phenoxy) is 2. The summed E-state index contributed by atoms with van der Waals surface area (Å²) < 4.78 is 12.9. The van der Waals surface area contributed by atoms with E-state index in [4.69, 9.17) is 9.47 Å². The maximum Gasteiger partial charge on any atom is 0.231 e. The Balaban J connectivity index is 1.77. The standard InChI is InChI=1S/C14H13N5O2/c1-15-13-11-14(17-6-16-13)19(7-18-11)5-9-3-2-4-10-12(9)21-8-20-10/h2-4,6-7H,5,8H2,1H3,(H,15,16,17). The minimum Gasteiger partial charge on any atom is -0.454 e. The van der Waals surface area contributed by atoms with Crippen molar-refractivity contribution in [1.29, 1.82) is 0 Å². The highest BCUT2D eigenvalue weighted by atomic mass is 16.7. The minimum absolute atomic E-state index is 0.267. The summed E-state index contributed by atoms with van der Waals surface area (Å²) in [6.45, 7) is 0.881. The summed E-state index contributed by atoms with van der Waals surface area (Å²) in [6, 6.07) is 5.87. The van der Waals surface area contributed by atoms with Crippen LogP contribution in [0.2, 0.25) is 0 Å². The van der Waals surface area contributed by atoms with Gasteiger partial charge in [-0.25, -0.2) is 15.0 Å². The second-order valence-electron chi connectivity index (χ2n) is 4.67. The molecule has 0 radical (unpaired) electrons. The molecule has 7 heteroatoms. The zero-order valence-electron chi connectivity index (χ0n) is 11.4. The van der Waals surface area contributed by atoms with Gasteiger partial charge in [-0.05, 0) is 6.07 Å². The van der Waals surface area contributed by atoms with Gasteiger partial charge in [-0.2, -0.15) is 0 Å². The van der Waals surface area contributed by atoms with Crippen molar-refractivity contribution in [1.82, 2.24) is 19.5 Å². The molecule has 0 saturated heterocycles. The number of imidazole rings is 1. The molecule has 4 rings (SSSR count). The van der Waals surface area contributed by atoms with Crippen LogP contribution in [0, 0.1) is 0 Å². The Morgan fingerprint density at radius 3 is 3.10 bits per heavy atom. The van der Waals surface area contributed by atoms with Crippen LogP contribution in [0.5, 0.6) is 11.5 Å². The van der Waals surface area contributed by atoms with E-state index in [1.54, 1.807) is 6.33 Å². The van der Waals surface area contributed by atoms with Gasteiger partial charge in [0.25, 0.3) is 0 Å². The Labute approximate surface area is 120 Å². The molecule has 0 aliphatic carbocycles. The monoisotopic (exact) mass is 283 g/mol. The van der Waals surface area contributed by atoms with Crippen molar-refractivity contribution in [2.75, 3.05) is 19.2 Å². The molecule has 3 heterocycles. The summed E-state index contributed by atoms with van der Waals surface area (Å²) in [4.78, 5) is 12.9. The van der Waals surface area contributed by atoms with Gasteiger partial charge in [0, 0.05) is 12.6 Å². The number of benzene rings is 1. The van der Waals surface area contributed by atoms with Gasteiger partial charge in [0.05, 0.1) is 12.9 Å². The second kappa shape index (κ2) is 4.62. The third-order valence-corrected chi connectivity index (χ3v) is 3.46. The molecule has 3 aromatic rings. The molecule has 7 nitrogen and oxygen atoms in total. The number of aromatic nitrogens is 4. The predicted octanol–water partition coefficient (Wildman–Crippen LogP) is 1.64. The van der Waals surface area contributed by atoms with Crippen LogP contribution in [0.4, 0.5) is 5.82 Å². The lowest BCUT2D eigenvalue weighted by Gasteiger charge is -2.07. The van der Waals surface area contributed by atoms with Crippen molar-refractivity contribution < 1.29 is 9.47 Å². The van der Waals surface area contributed by atoms with Gasteiger partial charge < -0.3 is 19.4 Å². The van der Waals surface area contributed by atoms with E-state index in [9.17, 15) is 0 Å². The highest BCUT2D eigenvalue weighted by molar-refractivity contribution is 5.82. The molecule has 1 aliphatic rings. The molecular formula is C14H13N5O2. The highest BCUT2D eigenvalue weighted by Gasteiger charge is 2.18. The lowest BCUT2D eigenvalue weighted by molar-refractivity contribution is 0.173. The molecule has 0 amide bonds. The third kappa shape index (κ3) is 1.85. The van der Waals surface area contributed by atoms with Gasteiger partial charge in [0.15, 0.2) is 23.0 Å². The molecule has 0 fully saturated rings. The van der Waals surface area contributed by atoms with Crippen LogP contribution < -0.4 is 14.8 Å². The summed E-state index contributed by atoms with van der Waals surface area (Å²) >= 11 is 0. The van der Waals surface area contributed by atoms with Gasteiger partial charge in [0.2, 0.25) is 6.79 Å². The van der Waals surface area contributed by atoms with Crippen LogP contribution in [-0.4, -0.2) is 33.4 Å². The molecule has 106 valence electrons. The van der Waals surface area contributed by atoms with E-state index in [1.165, 1.54) is 6.33 Å². The summed E-state index contributed by atoms with van der Waals surface area (Å²) in [6.07, 6.45) is 3.29. The maximum atomic E-state index is 5.53. The van der Waals surface area contributed by atoms with Crippen LogP contribution in [0.15, 0.2) is 30.9 Å². The average Bonchev–Trinajstić information content (AvgIpc) is 3.14. The molecule has 0 saturated carbocycles. The van der Waals surface area contributed by atoms with E-state index in [0.29, 0.717) is 6.54 Å². The van der Waals surface area contributed by atoms with Crippen molar-refractivity contribution in [2.24, 2.45) is 0 Å². The molecule has 1 aromatic carbocycles. The first-order chi connectivity index (χ1) is 10.4. The Hall–Kier alpha value is -2.83. The zero-order valence-corrected chi connectivity index (χ0v) is 11.4. The largest absolute Gasteiger partial charge is 0.454 e. The van der Waals surface area contributed by atoms with Crippen molar-refractivity contribution in [2.45, 2.75) is 6.54 Å². The summed E-state index contributed by atoms with van der Waals surface area (Å²) in [7, 11) is 1.82. The Morgan fingerprint density at radius 2 is 2.19 bits per heavy atom. The molecule has 0 unspecified atom stereocenters. The van der Waals surface area contributed by atoms with Crippen LogP contribution in [0.3, 0.4) is 0 Å². The highest BCUT2D eigenvalue weighted by Crippen LogP contribution is 2.36. The molecule has 0 spiro atoms. The summed E-state index contributed by atoms with van der Waals surface area (Å²) in [5, 5.41) is 3.02. The van der Waals surface area contributed by atoms with Gasteiger partial charge in [-0.15, -0.1) is 0 Å². The normalized spacial score (nSPS) is 12.8. The average molecular weight is 283 g/mol. The molecule has 1 aliphatic heterocycles. The van der Waals surface area contributed by atoms with E-state index in [-0.39, 0.29) is 6.79 Å². The number of nitrogens with one attached hydrogen (secondary N) is 1. The van der Waals surface area contributed by atoms with Crippen LogP contribution >= 0.6 is 0 Å². The van der Waals surface area contributed by atoms with Gasteiger partial charge in [-0.3, -0.25) is 0 Å². The first kappa shape index (κ1) is 12.0. The summed E-state index contributed by atoms with van der Waals surface area (Å²) in [5.41, 5.74) is 2.57. The number of nitrogens with zero attached hydrogens (tertiary/aromatic N) is 4. The van der Waals surface area contributed by atoms with Crippen molar-refractivity contribution in [3.63, 3.8) is 0 Å². The number of hydrogen-bond donors (Lipinski definition) is 1. The van der Waals surface area contributed by atoms with Crippen LogP contribution in [-0.2, 0) is 6.54 Å². The number of fused-ring (bicyclic) bond motifs is 2. The number of anilines is 1. The van der Waals surface area contributed by atoms with Crippen molar-refractivity contribution >= 4 is 17.0 Å². The molecule has 0 bridgehead atoms. The lowest BCUT2D eigenvalue weighted by Crippen LogP contribution is -2.02. The van der Waals surface area contributed by atoms with E-state index in [2.05, 4.69) is 20.3 Å². The SMILES string of the molecule is CNc1ncnc2c1ncn2Cc1cccc2c1OCO2. The zero-order chi connectivity index (χ0) is 14.2. The Bertz CT molecular complexity index is 814. The first-order valence-corrected chi connectivity index (χ1v) is 6.58. The number of hydrogen-bond acceptors (Lipinski definition) is 6. The third-order valence-electron chi connectivity index (χ3n) is 3.46. The fraction of sp³-hybridized carbons (Fsp3) is 0.214. The van der Waals surface area contributed by atoms with Gasteiger partial charge >= 0.3 is 0 Å². The van der Waals surface area contributed by atoms with E-state index in [1.807, 2.05) is 29.8 Å². The van der Waals surface area contributed by atoms with E-state index in [0.717, 1.165) is 34.0 Å². The van der Waals surface area contributed by atoms with Crippen LogP contribution in [0.1, 0.15) is 5.56 Å². The fourth-order valence-corrected chi connectivity index (χ4v) is 2.48. The van der Waals surface area contributed by atoms with Crippen molar-refractivity contribution in [3.8, 4) is 11.5 Å². The smallest absolute Gasteiger partial charge is 0.231 e. The van der Waals surface area contributed by atoms with Gasteiger partial charge in [-0.1, -0.05) is 12.1 Å². The first-order valence-electron chi connectivity index (χ1n) is 6.58. The Kier molecular flexibility index (Phi) is 2.63. The molecule has 2 aromatic heterocycles.